The Labute approximate surface area is 134 Å². The van der Waals surface area contributed by atoms with Crippen molar-refractivity contribution in [1.82, 2.24) is 15.1 Å². The Morgan fingerprint density at radius 2 is 2.05 bits per heavy atom. The van der Waals surface area contributed by atoms with E-state index in [1.54, 1.807) is 11.1 Å². The van der Waals surface area contributed by atoms with Crippen molar-refractivity contribution in [3.05, 3.63) is 17.5 Å². The topological polar surface area (TPSA) is 58.2 Å². The molecule has 0 aromatic carbocycles. The van der Waals surface area contributed by atoms with Gasteiger partial charge in [-0.15, -0.1) is 0 Å². The van der Waals surface area contributed by atoms with Crippen LogP contribution in [0.2, 0.25) is 0 Å². The van der Waals surface area contributed by atoms with Crippen LogP contribution >= 0.6 is 0 Å². The Hall–Kier alpha value is -1.52. The Morgan fingerprint density at radius 1 is 1.45 bits per heavy atom. The van der Waals surface area contributed by atoms with Gasteiger partial charge in [-0.2, -0.15) is 5.10 Å². The molecule has 0 atom stereocenters. The highest BCUT2D eigenvalue weighted by Gasteiger charge is 2.36. The molecule has 0 spiro atoms. The highest BCUT2D eigenvalue weighted by atomic mass is 16.6. The standard InChI is InChI=1S/C13H21N3O2.C4H8.H2/c1-12(2,3)18-11(17)16-7-9-6-14-15-10(9)13(4,5)8-16;1-4-2-3-4;/h6H,7-8H2,1-5H3,(H,14,15);4H,2-3H2,1H3;1H. The van der Waals surface area contributed by atoms with Crippen molar-refractivity contribution in [1.29, 1.82) is 0 Å². The zero-order valence-corrected chi connectivity index (χ0v) is 14.7. The Kier molecular flexibility index (Phi) is 4.54. The Balaban J connectivity index is 0.000000461. The van der Waals surface area contributed by atoms with Crippen molar-refractivity contribution >= 4 is 6.09 Å². The van der Waals surface area contributed by atoms with E-state index in [9.17, 15) is 4.79 Å². The van der Waals surface area contributed by atoms with Crippen molar-refractivity contribution < 1.29 is 11.0 Å². The maximum atomic E-state index is 12.1. The van der Waals surface area contributed by atoms with E-state index in [0.29, 0.717) is 13.1 Å². The lowest BCUT2D eigenvalue weighted by molar-refractivity contribution is 0.0172. The molecule has 1 fully saturated rings. The van der Waals surface area contributed by atoms with Gasteiger partial charge in [-0.1, -0.05) is 33.6 Å². The molecule has 1 aromatic rings. The van der Waals surface area contributed by atoms with Gasteiger partial charge in [0.15, 0.2) is 0 Å². The summed E-state index contributed by atoms with van der Waals surface area (Å²) in [6, 6.07) is 0. The van der Waals surface area contributed by atoms with Gasteiger partial charge in [-0.05, 0) is 26.7 Å². The lowest BCUT2D eigenvalue weighted by Gasteiger charge is -2.38. The van der Waals surface area contributed by atoms with Gasteiger partial charge in [0.25, 0.3) is 0 Å². The first kappa shape index (κ1) is 16.8. The second-order valence-electron chi connectivity index (χ2n) is 8.17. The molecule has 1 aliphatic carbocycles. The van der Waals surface area contributed by atoms with Crippen molar-refractivity contribution in [3.8, 4) is 0 Å². The molecule has 5 heteroatoms. The van der Waals surface area contributed by atoms with Gasteiger partial charge in [0, 0.05) is 24.6 Å². The predicted octanol–water partition coefficient (Wildman–Crippen LogP) is 4.10. The number of fused-ring (bicyclic) bond motifs is 1. The van der Waals surface area contributed by atoms with Crippen LogP contribution in [0.15, 0.2) is 6.20 Å². The summed E-state index contributed by atoms with van der Waals surface area (Å²) in [4.78, 5) is 13.8. The van der Waals surface area contributed by atoms with Crippen LogP contribution in [0.1, 0.15) is 67.1 Å². The maximum absolute atomic E-state index is 12.1. The van der Waals surface area contributed by atoms with Gasteiger partial charge in [-0.25, -0.2) is 4.79 Å². The van der Waals surface area contributed by atoms with Crippen molar-refractivity contribution in [3.63, 3.8) is 0 Å². The average molecular weight is 309 g/mol. The number of aromatic amines is 1. The third-order valence-electron chi connectivity index (χ3n) is 3.86. The van der Waals surface area contributed by atoms with Gasteiger partial charge in [0.2, 0.25) is 0 Å². The van der Waals surface area contributed by atoms with Crippen LogP contribution in [-0.2, 0) is 16.7 Å². The molecular weight excluding hydrogens is 278 g/mol. The predicted molar refractivity (Wildman–Crippen MR) is 88.8 cm³/mol. The van der Waals surface area contributed by atoms with Gasteiger partial charge >= 0.3 is 6.09 Å². The number of aromatic nitrogens is 2. The van der Waals surface area contributed by atoms with Crippen LogP contribution in [-0.4, -0.2) is 33.3 Å². The summed E-state index contributed by atoms with van der Waals surface area (Å²) in [6.45, 7) is 13.3. The first-order valence-electron chi connectivity index (χ1n) is 8.09. The van der Waals surface area contributed by atoms with E-state index in [2.05, 4.69) is 31.0 Å². The molecule has 126 valence electrons. The van der Waals surface area contributed by atoms with E-state index >= 15 is 0 Å². The Bertz CT molecular complexity index is 530. The fourth-order valence-corrected chi connectivity index (χ4v) is 2.46. The van der Waals surface area contributed by atoms with E-state index in [1.807, 2.05) is 20.8 Å². The summed E-state index contributed by atoms with van der Waals surface area (Å²) in [5.74, 6) is 1.08. The number of carbonyl (C=O) groups excluding carboxylic acids is 1. The number of rotatable bonds is 0. The second kappa shape index (κ2) is 5.94. The quantitative estimate of drug-likeness (QED) is 0.785. The monoisotopic (exact) mass is 309 g/mol. The maximum Gasteiger partial charge on any atom is 0.410 e. The number of ether oxygens (including phenoxy) is 1. The van der Waals surface area contributed by atoms with Crippen LogP contribution in [0.3, 0.4) is 0 Å². The van der Waals surface area contributed by atoms with Gasteiger partial charge in [0.1, 0.15) is 5.60 Å². The molecule has 1 N–H and O–H groups in total. The van der Waals surface area contributed by atoms with Gasteiger partial charge in [0.05, 0.1) is 12.7 Å². The third kappa shape index (κ3) is 4.49. The molecule has 1 amide bonds. The van der Waals surface area contributed by atoms with Crippen LogP contribution in [0.5, 0.6) is 0 Å². The van der Waals surface area contributed by atoms with Crippen LogP contribution in [0, 0.1) is 5.92 Å². The van der Waals surface area contributed by atoms with Crippen molar-refractivity contribution in [2.75, 3.05) is 6.54 Å². The molecule has 0 bridgehead atoms. The second-order valence-corrected chi connectivity index (χ2v) is 8.17. The van der Waals surface area contributed by atoms with E-state index in [1.165, 1.54) is 12.8 Å². The molecule has 2 heterocycles. The number of nitrogens with zero attached hydrogens (tertiary/aromatic N) is 2. The number of H-pyrrole nitrogens is 1. The fourth-order valence-electron chi connectivity index (χ4n) is 2.46. The molecule has 2 aliphatic rings. The SMILES string of the molecule is CC(C)(C)OC(=O)N1Cc2cn[nH]c2C(C)(C)C1.CC1CC1.[HH]. The van der Waals surface area contributed by atoms with Gasteiger partial charge < -0.3 is 9.64 Å². The minimum absolute atomic E-state index is 0. The Morgan fingerprint density at radius 3 is 2.55 bits per heavy atom. The van der Waals surface area contributed by atoms with Crippen LogP contribution in [0.25, 0.3) is 0 Å². The number of amides is 1. The van der Waals surface area contributed by atoms with Crippen molar-refractivity contribution in [2.45, 2.75) is 71.9 Å². The third-order valence-corrected chi connectivity index (χ3v) is 3.86. The fraction of sp³-hybridized carbons (Fsp3) is 0.765. The van der Waals surface area contributed by atoms with Crippen LogP contribution < -0.4 is 0 Å². The number of nitrogens with one attached hydrogen (secondary N) is 1. The molecule has 0 unspecified atom stereocenters. The smallest absolute Gasteiger partial charge is 0.410 e. The first-order chi connectivity index (χ1) is 10.1. The van der Waals surface area contributed by atoms with Crippen molar-refractivity contribution in [2.24, 2.45) is 5.92 Å². The first-order valence-corrected chi connectivity index (χ1v) is 8.09. The molecule has 3 rings (SSSR count). The van der Waals surface area contributed by atoms with E-state index in [0.717, 1.165) is 17.2 Å². The molecule has 5 nitrogen and oxygen atoms in total. The highest BCUT2D eigenvalue weighted by Crippen LogP contribution is 2.32. The summed E-state index contributed by atoms with van der Waals surface area (Å²) in [7, 11) is 0. The molecule has 22 heavy (non-hydrogen) atoms. The summed E-state index contributed by atoms with van der Waals surface area (Å²) >= 11 is 0. The lowest BCUT2D eigenvalue weighted by Crippen LogP contribution is -2.46. The molecular formula is C17H31N3O2. The summed E-state index contributed by atoms with van der Waals surface area (Å²) in [6.07, 6.45) is 4.50. The van der Waals surface area contributed by atoms with Crippen LogP contribution in [0.4, 0.5) is 4.79 Å². The van der Waals surface area contributed by atoms with E-state index in [4.69, 9.17) is 4.74 Å². The highest BCUT2D eigenvalue weighted by molar-refractivity contribution is 5.69. The zero-order valence-electron chi connectivity index (χ0n) is 14.7. The number of hydrogen-bond donors (Lipinski definition) is 1. The van der Waals surface area contributed by atoms with E-state index < -0.39 is 5.60 Å². The summed E-state index contributed by atoms with van der Waals surface area (Å²) in [5, 5.41) is 7.09. The van der Waals surface area contributed by atoms with Gasteiger partial charge in [-0.3, -0.25) is 5.10 Å². The minimum Gasteiger partial charge on any atom is -0.444 e. The number of carbonyl (C=O) groups is 1. The van der Waals surface area contributed by atoms with E-state index in [-0.39, 0.29) is 12.9 Å². The molecule has 1 saturated carbocycles. The molecule has 1 aromatic heterocycles. The lowest BCUT2D eigenvalue weighted by atomic mass is 9.83. The molecule has 0 radical (unpaired) electrons. The largest absolute Gasteiger partial charge is 0.444 e. The average Bonchev–Trinajstić information content (AvgIpc) is 2.98. The summed E-state index contributed by atoms with van der Waals surface area (Å²) in [5.41, 5.74) is 1.60. The summed E-state index contributed by atoms with van der Waals surface area (Å²) < 4.78 is 5.42. The molecule has 1 aliphatic heterocycles. The number of hydrogen-bond acceptors (Lipinski definition) is 3. The molecule has 0 saturated heterocycles. The normalized spacial score (nSPS) is 19.8. The zero-order chi connectivity index (χ0) is 16.5. The minimum atomic E-state index is -0.460.